The van der Waals surface area contributed by atoms with E-state index in [0.29, 0.717) is 28.0 Å². The Bertz CT molecular complexity index is 1380. The zero-order chi connectivity index (χ0) is 21.2. The first-order chi connectivity index (χ1) is 15.2. The molecule has 0 radical (unpaired) electrons. The van der Waals surface area contributed by atoms with Crippen molar-refractivity contribution in [3.8, 4) is 22.5 Å². The molecule has 1 amide bonds. The number of rotatable bonds is 4. The summed E-state index contributed by atoms with van der Waals surface area (Å²) >= 11 is 0. The molecule has 31 heavy (non-hydrogen) atoms. The number of para-hydroxylation sites is 1. The molecule has 2 heterocycles. The van der Waals surface area contributed by atoms with Gasteiger partial charge in [-0.05, 0) is 48.5 Å². The molecule has 0 spiro atoms. The molecule has 5 nitrogen and oxygen atoms in total. The SMILES string of the molecule is O=C(Nc1ccccc1)c1ccc(-c2n[nH]c3ccc(-c4ccccc4F)nc23)cc1. The Labute approximate surface area is 177 Å². The predicted molar refractivity (Wildman–Crippen MR) is 119 cm³/mol. The third kappa shape index (κ3) is 3.67. The molecule has 0 aliphatic rings. The summed E-state index contributed by atoms with van der Waals surface area (Å²) < 4.78 is 14.2. The number of aromatic nitrogens is 3. The van der Waals surface area contributed by atoms with Crippen LogP contribution < -0.4 is 5.32 Å². The van der Waals surface area contributed by atoms with Crippen LogP contribution in [0.3, 0.4) is 0 Å². The zero-order valence-electron chi connectivity index (χ0n) is 16.3. The number of H-pyrrole nitrogens is 1. The number of fused-ring (bicyclic) bond motifs is 1. The fourth-order valence-electron chi connectivity index (χ4n) is 3.42. The second-order valence-corrected chi connectivity index (χ2v) is 7.04. The average molecular weight is 408 g/mol. The number of nitrogens with zero attached hydrogens (tertiary/aromatic N) is 2. The van der Waals surface area contributed by atoms with E-state index in [1.54, 1.807) is 36.4 Å². The van der Waals surface area contributed by atoms with E-state index in [-0.39, 0.29) is 11.7 Å². The number of amides is 1. The average Bonchev–Trinajstić information content (AvgIpc) is 3.23. The van der Waals surface area contributed by atoms with Crippen molar-refractivity contribution in [1.82, 2.24) is 15.2 Å². The van der Waals surface area contributed by atoms with E-state index in [9.17, 15) is 9.18 Å². The lowest BCUT2D eigenvalue weighted by Gasteiger charge is -2.06. The van der Waals surface area contributed by atoms with Crippen LogP contribution in [0.4, 0.5) is 10.1 Å². The van der Waals surface area contributed by atoms with Gasteiger partial charge in [0.05, 0.1) is 11.2 Å². The van der Waals surface area contributed by atoms with E-state index in [1.165, 1.54) is 6.07 Å². The molecule has 0 unspecified atom stereocenters. The maximum absolute atomic E-state index is 14.2. The van der Waals surface area contributed by atoms with Crippen molar-refractivity contribution in [2.75, 3.05) is 5.32 Å². The smallest absolute Gasteiger partial charge is 0.255 e. The van der Waals surface area contributed by atoms with Gasteiger partial charge in [-0.25, -0.2) is 9.37 Å². The lowest BCUT2D eigenvalue weighted by molar-refractivity contribution is 0.102. The number of carbonyl (C=O) groups is 1. The van der Waals surface area contributed by atoms with Crippen LogP contribution in [0.5, 0.6) is 0 Å². The molecule has 3 aromatic carbocycles. The maximum atomic E-state index is 14.2. The van der Waals surface area contributed by atoms with Crippen molar-refractivity contribution in [3.63, 3.8) is 0 Å². The Hall–Kier alpha value is -4.32. The van der Waals surface area contributed by atoms with E-state index in [4.69, 9.17) is 0 Å². The van der Waals surface area contributed by atoms with Gasteiger partial charge in [0.1, 0.15) is 17.0 Å². The molecule has 0 atom stereocenters. The van der Waals surface area contributed by atoms with Crippen molar-refractivity contribution < 1.29 is 9.18 Å². The first-order valence-electron chi connectivity index (χ1n) is 9.76. The minimum atomic E-state index is -0.326. The van der Waals surface area contributed by atoms with Gasteiger partial charge in [-0.2, -0.15) is 5.10 Å². The lowest BCUT2D eigenvalue weighted by atomic mass is 10.1. The molecule has 0 fully saturated rings. The van der Waals surface area contributed by atoms with Gasteiger partial charge >= 0.3 is 0 Å². The van der Waals surface area contributed by atoms with Crippen LogP contribution in [-0.2, 0) is 0 Å². The summed E-state index contributed by atoms with van der Waals surface area (Å²) in [5, 5.41) is 10.2. The number of nitrogens with one attached hydrogen (secondary N) is 2. The zero-order valence-corrected chi connectivity index (χ0v) is 16.3. The summed E-state index contributed by atoms with van der Waals surface area (Å²) in [6.45, 7) is 0. The molecule has 6 heteroatoms. The molecule has 0 saturated carbocycles. The fraction of sp³-hybridized carbons (Fsp3) is 0. The highest BCUT2D eigenvalue weighted by Crippen LogP contribution is 2.29. The summed E-state index contributed by atoms with van der Waals surface area (Å²) in [6, 6.07) is 26.6. The summed E-state index contributed by atoms with van der Waals surface area (Å²) in [7, 11) is 0. The topological polar surface area (TPSA) is 70.7 Å². The number of hydrogen-bond donors (Lipinski definition) is 2. The minimum absolute atomic E-state index is 0.190. The Morgan fingerprint density at radius 2 is 1.58 bits per heavy atom. The van der Waals surface area contributed by atoms with Crippen LogP contribution in [0.2, 0.25) is 0 Å². The molecule has 2 aromatic heterocycles. The Morgan fingerprint density at radius 1 is 0.839 bits per heavy atom. The van der Waals surface area contributed by atoms with Gasteiger partial charge in [-0.1, -0.05) is 42.5 Å². The third-order valence-corrected chi connectivity index (χ3v) is 5.01. The summed E-state index contributed by atoms with van der Waals surface area (Å²) in [5.41, 5.74) is 5.08. The van der Waals surface area contributed by atoms with Crippen molar-refractivity contribution in [1.29, 1.82) is 0 Å². The van der Waals surface area contributed by atoms with Gasteiger partial charge in [0.15, 0.2) is 0 Å². The standard InChI is InChI=1S/C25H17FN4O/c26-20-9-5-4-8-19(20)21-14-15-22-24(28-21)23(30-29-22)16-10-12-17(13-11-16)25(31)27-18-6-2-1-3-7-18/h1-15H,(H,27,31)(H,29,30). The molecule has 2 N–H and O–H groups in total. The van der Waals surface area contributed by atoms with Crippen molar-refractivity contribution >= 4 is 22.6 Å². The van der Waals surface area contributed by atoms with Crippen molar-refractivity contribution in [3.05, 3.63) is 102 Å². The summed E-state index contributed by atoms with van der Waals surface area (Å²) in [4.78, 5) is 17.1. The van der Waals surface area contributed by atoms with Gasteiger partial charge < -0.3 is 5.32 Å². The highest BCUT2D eigenvalue weighted by molar-refractivity contribution is 6.04. The van der Waals surface area contributed by atoms with Crippen molar-refractivity contribution in [2.24, 2.45) is 0 Å². The predicted octanol–water partition coefficient (Wildman–Crippen LogP) is 5.68. The highest BCUT2D eigenvalue weighted by Gasteiger charge is 2.14. The van der Waals surface area contributed by atoms with Crippen LogP contribution in [0.25, 0.3) is 33.5 Å². The number of aromatic amines is 1. The maximum Gasteiger partial charge on any atom is 0.255 e. The van der Waals surface area contributed by atoms with Crippen LogP contribution in [0.15, 0.2) is 91.0 Å². The monoisotopic (exact) mass is 408 g/mol. The van der Waals surface area contributed by atoms with Gasteiger partial charge in [0, 0.05) is 22.4 Å². The van der Waals surface area contributed by atoms with Crippen molar-refractivity contribution in [2.45, 2.75) is 0 Å². The number of benzene rings is 3. The number of pyridine rings is 1. The van der Waals surface area contributed by atoms with Crippen LogP contribution in [0.1, 0.15) is 10.4 Å². The molecule has 5 rings (SSSR count). The number of hydrogen-bond acceptors (Lipinski definition) is 3. The van der Waals surface area contributed by atoms with Gasteiger partial charge in [-0.3, -0.25) is 9.89 Å². The Balaban J connectivity index is 1.46. The first-order valence-corrected chi connectivity index (χ1v) is 9.76. The molecule has 0 saturated heterocycles. The molecule has 0 aliphatic heterocycles. The normalized spacial score (nSPS) is 10.9. The van der Waals surface area contributed by atoms with E-state index in [0.717, 1.165) is 16.8 Å². The molecule has 0 aliphatic carbocycles. The lowest BCUT2D eigenvalue weighted by Crippen LogP contribution is -2.11. The van der Waals surface area contributed by atoms with Crippen LogP contribution >= 0.6 is 0 Å². The molecule has 0 bridgehead atoms. The summed E-state index contributed by atoms with van der Waals surface area (Å²) in [5.74, 6) is -0.516. The molecule has 150 valence electrons. The minimum Gasteiger partial charge on any atom is -0.322 e. The van der Waals surface area contributed by atoms with Crippen LogP contribution in [-0.4, -0.2) is 21.1 Å². The van der Waals surface area contributed by atoms with Gasteiger partial charge in [-0.15, -0.1) is 0 Å². The second kappa shape index (κ2) is 7.84. The van der Waals surface area contributed by atoms with Crippen LogP contribution in [0, 0.1) is 5.82 Å². The third-order valence-electron chi connectivity index (χ3n) is 5.01. The molecular weight excluding hydrogens is 391 g/mol. The van der Waals surface area contributed by atoms with E-state index in [2.05, 4.69) is 20.5 Å². The summed E-state index contributed by atoms with van der Waals surface area (Å²) in [6.07, 6.45) is 0. The molecule has 5 aromatic rings. The fourth-order valence-corrected chi connectivity index (χ4v) is 3.42. The molecular formula is C25H17FN4O. The second-order valence-electron chi connectivity index (χ2n) is 7.04. The quantitative estimate of drug-likeness (QED) is 0.402. The van der Waals surface area contributed by atoms with E-state index >= 15 is 0 Å². The Morgan fingerprint density at radius 3 is 2.35 bits per heavy atom. The van der Waals surface area contributed by atoms with Gasteiger partial charge in [0.2, 0.25) is 0 Å². The number of halogens is 1. The van der Waals surface area contributed by atoms with E-state index < -0.39 is 0 Å². The van der Waals surface area contributed by atoms with Gasteiger partial charge in [0.25, 0.3) is 5.91 Å². The highest BCUT2D eigenvalue weighted by atomic mass is 19.1. The number of anilines is 1. The van der Waals surface area contributed by atoms with E-state index in [1.807, 2.05) is 48.5 Å². The number of carbonyl (C=O) groups excluding carboxylic acids is 1. The first kappa shape index (κ1) is 18.7. The largest absolute Gasteiger partial charge is 0.322 e. The Kier molecular flexibility index (Phi) is 4.72.